The Hall–Kier alpha value is -3.09. The minimum Gasteiger partial charge on any atom is -0.347 e. The average Bonchev–Trinajstić information content (AvgIpc) is 3.00. The number of carbonyl (C=O) groups is 1. The highest BCUT2D eigenvalue weighted by Gasteiger charge is 2.07. The molecule has 0 saturated carbocycles. The first-order valence-electron chi connectivity index (χ1n) is 6.70. The van der Waals surface area contributed by atoms with Crippen molar-refractivity contribution in [3.05, 3.63) is 60.6 Å². The van der Waals surface area contributed by atoms with E-state index in [-0.39, 0.29) is 5.91 Å². The Kier molecular flexibility index (Phi) is 3.86. The molecule has 3 rings (SSSR count). The van der Waals surface area contributed by atoms with E-state index in [1.54, 1.807) is 17.1 Å². The van der Waals surface area contributed by atoms with E-state index in [4.69, 9.17) is 0 Å². The van der Waals surface area contributed by atoms with Crippen molar-refractivity contribution in [1.82, 2.24) is 30.0 Å². The van der Waals surface area contributed by atoms with E-state index < -0.39 is 0 Å². The number of nitrogens with zero attached hydrogens (tertiary/aromatic N) is 5. The Morgan fingerprint density at radius 3 is 2.73 bits per heavy atom. The van der Waals surface area contributed by atoms with E-state index in [0.29, 0.717) is 12.2 Å². The van der Waals surface area contributed by atoms with Crippen LogP contribution in [0, 0.1) is 0 Å². The van der Waals surface area contributed by atoms with E-state index in [1.807, 2.05) is 25.4 Å². The van der Waals surface area contributed by atoms with Crippen LogP contribution in [0.2, 0.25) is 0 Å². The quantitative estimate of drug-likeness (QED) is 0.781. The molecule has 7 nitrogen and oxygen atoms in total. The second-order valence-corrected chi connectivity index (χ2v) is 4.73. The highest BCUT2D eigenvalue weighted by atomic mass is 16.1. The Morgan fingerprint density at radius 2 is 2.09 bits per heavy atom. The number of carbonyl (C=O) groups excluding carboxylic acids is 1. The van der Waals surface area contributed by atoms with Crippen molar-refractivity contribution in [3.63, 3.8) is 0 Å². The van der Waals surface area contributed by atoms with E-state index in [2.05, 4.69) is 25.4 Å². The van der Waals surface area contributed by atoms with Gasteiger partial charge in [-0.1, -0.05) is 6.07 Å². The zero-order valence-corrected chi connectivity index (χ0v) is 12.0. The van der Waals surface area contributed by atoms with Crippen LogP contribution in [-0.4, -0.2) is 30.6 Å². The van der Waals surface area contributed by atoms with Gasteiger partial charge in [-0.15, -0.1) is 0 Å². The maximum Gasteiger partial charge on any atom is 0.271 e. The number of amides is 1. The van der Waals surface area contributed by atoms with Gasteiger partial charge in [-0.2, -0.15) is 5.10 Å². The average molecular weight is 294 g/mol. The van der Waals surface area contributed by atoms with Crippen LogP contribution in [0.3, 0.4) is 0 Å². The molecule has 0 radical (unpaired) electrons. The molecule has 0 aromatic carbocycles. The molecule has 0 aliphatic carbocycles. The predicted molar refractivity (Wildman–Crippen MR) is 79.6 cm³/mol. The third-order valence-electron chi connectivity index (χ3n) is 3.07. The maximum atomic E-state index is 11.9. The molecule has 0 spiro atoms. The van der Waals surface area contributed by atoms with Gasteiger partial charge in [-0.3, -0.25) is 19.4 Å². The van der Waals surface area contributed by atoms with Crippen molar-refractivity contribution in [2.75, 3.05) is 0 Å². The highest BCUT2D eigenvalue weighted by molar-refractivity contribution is 5.91. The summed E-state index contributed by atoms with van der Waals surface area (Å²) in [7, 11) is 1.86. The van der Waals surface area contributed by atoms with Crippen LogP contribution < -0.4 is 5.32 Å². The van der Waals surface area contributed by atoms with Crippen molar-refractivity contribution in [2.24, 2.45) is 7.05 Å². The van der Waals surface area contributed by atoms with Crippen LogP contribution in [0.15, 0.2) is 49.3 Å². The summed E-state index contributed by atoms with van der Waals surface area (Å²) in [5.74, 6) is -0.260. The van der Waals surface area contributed by atoms with Crippen LogP contribution >= 0.6 is 0 Å². The van der Waals surface area contributed by atoms with Gasteiger partial charge in [0.2, 0.25) is 0 Å². The van der Waals surface area contributed by atoms with Crippen LogP contribution in [0.25, 0.3) is 11.3 Å². The Morgan fingerprint density at radius 1 is 1.18 bits per heavy atom. The molecule has 0 unspecified atom stereocenters. The van der Waals surface area contributed by atoms with E-state index in [9.17, 15) is 4.79 Å². The van der Waals surface area contributed by atoms with Crippen molar-refractivity contribution < 1.29 is 4.79 Å². The largest absolute Gasteiger partial charge is 0.347 e. The van der Waals surface area contributed by atoms with Crippen molar-refractivity contribution in [3.8, 4) is 11.3 Å². The van der Waals surface area contributed by atoms with Gasteiger partial charge in [0.1, 0.15) is 5.69 Å². The minimum atomic E-state index is -0.260. The second-order valence-electron chi connectivity index (χ2n) is 4.73. The lowest BCUT2D eigenvalue weighted by Gasteiger charge is -2.05. The molecule has 3 aromatic heterocycles. The Balaban J connectivity index is 1.63. The number of nitrogens with one attached hydrogen (secondary N) is 1. The van der Waals surface area contributed by atoms with Gasteiger partial charge in [-0.05, 0) is 11.6 Å². The van der Waals surface area contributed by atoms with E-state index in [1.165, 1.54) is 18.6 Å². The molecule has 3 heterocycles. The molecule has 3 aromatic rings. The summed E-state index contributed by atoms with van der Waals surface area (Å²) in [5, 5.41) is 6.90. The van der Waals surface area contributed by atoms with E-state index in [0.717, 1.165) is 16.8 Å². The van der Waals surface area contributed by atoms with Gasteiger partial charge in [0.05, 0.1) is 18.1 Å². The van der Waals surface area contributed by atoms with Crippen molar-refractivity contribution >= 4 is 5.91 Å². The lowest BCUT2D eigenvalue weighted by molar-refractivity contribution is 0.0945. The number of hydrogen-bond acceptors (Lipinski definition) is 5. The molecule has 0 aliphatic rings. The molecular weight excluding hydrogens is 280 g/mol. The summed E-state index contributed by atoms with van der Waals surface area (Å²) < 4.78 is 1.73. The zero-order chi connectivity index (χ0) is 15.4. The lowest BCUT2D eigenvalue weighted by Crippen LogP contribution is -2.23. The molecule has 1 amide bonds. The lowest BCUT2D eigenvalue weighted by atomic mass is 10.2. The summed E-state index contributed by atoms with van der Waals surface area (Å²) in [6, 6.07) is 3.83. The SMILES string of the molecule is Cn1cc(-c2ccc(CNC(=O)c3cnccn3)cn2)cn1. The molecule has 0 bridgehead atoms. The van der Waals surface area contributed by atoms with Crippen LogP contribution in [0.4, 0.5) is 0 Å². The van der Waals surface area contributed by atoms with Gasteiger partial charge in [0, 0.05) is 43.9 Å². The summed E-state index contributed by atoms with van der Waals surface area (Å²) in [6.07, 6.45) is 9.84. The fourth-order valence-electron chi connectivity index (χ4n) is 1.94. The number of pyridine rings is 1. The third-order valence-corrected chi connectivity index (χ3v) is 3.07. The summed E-state index contributed by atoms with van der Waals surface area (Å²) in [6.45, 7) is 0.385. The molecule has 0 atom stereocenters. The molecule has 0 aliphatic heterocycles. The molecule has 7 heteroatoms. The fraction of sp³-hybridized carbons (Fsp3) is 0.133. The number of aryl methyl sites for hydroxylation is 1. The van der Waals surface area contributed by atoms with Crippen LogP contribution in [-0.2, 0) is 13.6 Å². The van der Waals surface area contributed by atoms with Gasteiger partial charge < -0.3 is 5.32 Å². The van der Waals surface area contributed by atoms with Gasteiger partial charge in [0.25, 0.3) is 5.91 Å². The standard InChI is InChI=1S/C15H14N6O/c1-21-10-12(8-20-21)13-3-2-11(6-18-13)7-19-15(22)14-9-16-4-5-17-14/h2-6,8-10H,7H2,1H3,(H,19,22). The molecule has 110 valence electrons. The Bertz CT molecular complexity index is 766. The first-order valence-corrected chi connectivity index (χ1v) is 6.70. The van der Waals surface area contributed by atoms with E-state index >= 15 is 0 Å². The summed E-state index contributed by atoms with van der Waals surface area (Å²) in [5.41, 5.74) is 3.00. The first kappa shape index (κ1) is 13.9. The third kappa shape index (κ3) is 3.14. The van der Waals surface area contributed by atoms with Crippen LogP contribution in [0.1, 0.15) is 16.1 Å². The van der Waals surface area contributed by atoms with Crippen LogP contribution in [0.5, 0.6) is 0 Å². The first-order chi connectivity index (χ1) is 10.7. The topological polar surface area (TPSA) is 85.6 Å². The van der Waals surface area contributed by atoms with Crippen molar-refractivity contribution in [2.45, 2.75) is 6.54 Å². The molecular formula is C15H14N6O. The smallest absolute Gasteiger partial charge is 0.271 e. The van der Waals surface area contributed by atoms with Crippen molar-refractivity contribution in [1.29, 1.82) is 0 Å². The zero-order valence-electron chi connectivity index (χ0n) is 12.0. The minimum absolute atomic E-state index is 0.260. The monoisotopic (exact) mass is 294 g/mol. The molecule has 0 saturated heterocycles. The normalized spacial score (nSPS) is 10.4. The molecule has 1 N–H and O–H groups in total. The van der Waals surface area contributed by atoms with Gasteiger partial charge in [0.15, 0.2) is 0 Å². The Labute approximate surface area is 127 Å². The highest BCUT2D eigenvalue weighted by Crippen LogP contribution is 2.15. The summed E-state index contributed by atoms with van der Waals surface area (Å²) in [4.78, 5) is 24.1. The predicted octanol–water partition coefficient (Wildman–Crippen LogP) is 1.20. The number of hydrogen-bond donors (Lipinski definition) is 1. The summed E-state index contributed by atoms with van der Waals surface area (Å²) >= 11 is 0. The fourth-order valence-corrected chi connectivity index (χ4v) is 1.94. The van der Waals surface area contributed by atoms with Gasteiger partial charge >= 0.3 is 0 Å². The number of aromatic nitrogens is 5. The molecule has 0 fully saturated rings. The van der Waals surface area contributed by atoms with Gasteiger partial charge in [-0.25, -0.2) is 4.98 Å². The molecule has 22 heavy (non-hydrogen) atoms. The number of rotatable bonds is 4. The maximum absolute atomic E-state index is 11.9. The second kappa shape index (κ2) is 6.13.